The summed E-state index contributed by atoms with van der Waals surface area (Å²) in [5.41, 5.74) is 20.7. The highest BCUT2D eigenvalue weighted by atomic mass is 16.3. The van der Waals surface area contributed by atoms with E-state index < -0.39 is 0 Å². The van der Waals surface area contributed by atoms with E-state index in [4.69, 9.17) is 17.7 Å². The van der Waals surface area contributed by atoms with Gasteiger partial charge in [0, 0.05) is 43.1 Å². The fourth-order valence-corrected chi connectivity index (χ4v) is 13.2. The van der Waals surface area contributed by atoms with E-state index in [0.29, 0.717) is 0 Å². The first kappa shape index (κ1) is 45.0. The molecule has 4 aromatic heterocycles. The minimum absolute atomic E-state index is 0.882. The van der Waals surface area contributed by atoms with Crippen LogP contribution in [-0.4, -0.2) is 0 Å². The van der Waals surface area contributed by atoms with Gasteiger partial charge in [-0.25, -0.2) is 0 Å². The van der Waals surface area contributed by atoms with E-state index in [1.165, 1.54) is 32.3 Å². The van der Waals surface area contributed by atoms with Gasteiger partial charge in [-0.3, -0.25) is 0 Å². The molecule has 82 heavy (non-hydrogen) atoms. The number of furan rings is 4. The summed E-state index contributed by atoms with van der Waals surface area (Å²) in [5, 5.41) is 16.2. The lowest BCUT2D eigenvalue weighted by atomic mass is 9.88. The molecule has 18 rings (SSSR count). The third-order valence-corrected chi connectivity index (χ3v) is 17.2. The molecule has 4 heterocycles. The second kappa shape index (κ2) is 17.3. The van der Waals surface area contributed by atoms with Crippen LogP contribution in [0.4, 0.5) is 0 Å². The van der Waals surface area contributed by atoms with Gasteiger partial charge in [0.1, 0.15) is 44.7 Å². The summed E-state index contributed by atoms with van der Waals surface area (Å²) >= 11 is 0. The molecular formula is C78H44O4. The first-order chi connectivity index (χ1) is 40.5. The molecule has 0 atom stereocenters. The fourth-order valence-electron chi connectivity index (χ4n) is 13.2. The van der Waals surface area contributed by atoms with E-state index in [1.54, 1.807) is 0 Å². The predicted octanol–water partition coefficient (Wildman–Crippen LogP) is 22.7. The van der Waals surface area contributed by atoms with Crippen molar-refractivity contribution in [1.29, 1.82) is 0 Å². The standard InChI is InChI=1S/C78H44O4/c1-2-12-58-57(11-1)65-39-45(51-33-53(47-23-29-75-67(41-47)61-13-3-7-17-71(61)79-75)37-54(34-51)48-24-30-76-68(42-48)62-14-4-8-18-72(62)80-76)21-27-59(65)60-28-22-46(40-66(58)60)52-35-55(49-25-31-77-69(43-49)63-15-5-9-19-73(63)81-77)38-56(36-52)50-26-32-78-70(44-50)64-16-6-10-20-74(64)82-78/h1-44H. The molecule has 0 saturated heterocycles. The van der Waals surface area contributed by atoms with Crippen molar-refractivity contribution in [1.82, 2.24) is 0 Å². The average molecular weight is 1050 g/mol. The fraction of sp³-hybridized carbons (Fsp3) is 0. The van der Waals surface area contributed by atoms with Crippen molar-refractivity contribution in [3.8, 4) is 66.8 Å². The molecule has 4 heteroatoms. The van der Waals surface area contributed by atoms with Crippen molar-refractivity contribution in [3.63, 3.8) is 0 Å². The number of hydrogen-bond donors (Lipinski definition) is 0. The Labute approximate surface area is 468 Å². The zero-order valence-corrected chi connectivity index (χ0v) is 44.0. The number of hydrogen-bond acceptors (Lipinski definition) is 4. The molecule has 0 N–H and O–H groups in total. The summed E-state index contributed by atoms with van der Waals surface area (Å²) < 4.78 is 25.2. The second-order valence-corrected chi connectivity index (χ2v) is 21.9. The van der Waals surface area contributed by atoms with E-state index in [2.05, 4.69) is 218 Å². The van der Waals surface area contributed by atoms with E-state index >= 15 is 0 Å². The monoisotopic (exact) mass is 1040 g/mol. The zero-order chi connectivity index (χ0) is 53.6. The van der Waals surface area contributed by atoms with Gasteiger partial charge in [-0.1, -0.05) is 146 Å². The highest BCUT2D eigenvalue weighted by Crippen LogP contribution is 2.44. The van der Waals surface area contributed by atoms with Gasteiger partial charge in [0.15, 0.2) is 0 Å². The third-order valence-electron chi connectivity index (χ3n) is 17.2. The molecule has 0 radical (unpaired) electrons. The Bertz CT molecular complexity index is 5080. The van der Waals surface area contributed by atoms with Crippen molar-refractivity contribution in [2.75, 3.05) is 0 Å². The molecule has 0 amide bonds. The van der Waals surface area contributed by atoms with E-state index in [9.17, 15) is 0 Å². The summed E-state index contributed by atoms with van der Waals surface area (Å²) in [6.45, 7) is 0. The SMILES string of the molecule is c1ccc2c(c1)oc1ccc(-c3cc(-c4ccc5oc6ccccc6c5c4)cc(-c4ccc5c6ccc(-c7cc(-c8ccc9oc%10ccccc%10c9c8)cc(-c8ccc9oc%10ccccc%10c9c8)c7)cc6c6ccccc6c5c4)c3)cc12. The minimum Gasteiger partial charge on any atom is -0.456 e. The first-order valence-electron chi connectivity index (χ1n) is 27.9. The lowest BCUT2D eigenvalue weighted by Gasteiger charge is -2.16. The lowest BCUT2D eigenvalue weighted by Crippen LogP contribution is -1.89. The van der Waals surface area contributed by atoms with Crippen molar-refractivity contribution in [3.05, 3.63) is 267 Å². The molecule has 0 aliphatic heterocycles. The van der Waals surface area contributed by atoms with Gasteiger partial charge in [-0.15, -0.1) is 0 Å². The largest absolute Gasteiger partial charge is 0.456 e. The smallest absolute Gasteiger partial charge is 0.135 e. The molecule has 0 unspecified atom stereocenters. The Kier molecular flexibility index (Phi) is 9.48. The minimum atomic E-state index is 0.882. The predicted molar refractivity (Wildman–Crippen MR) is 341 cm³/mol. The molecule has 380 valence electrons. The van der Waals surface area contributed by atoms with Gasteiger partial charge in [0.25, 0.3) is 0 Å². The average Bonchev–Trinajstić information content (AvgIpc) is 4.46. The molecule has 0 spiro atoms. The highest BCUT2D eigenvalue weighted by molar-refractivity contribution is 6.26. The van der Waals surface area contributed by atoms with Crippen LogP contribution in [0.3, 0.4) is 0 Å². The van der Waals surface area contributed by atoms with Gasteiger partial charge < -0.3 is 17.7 Å². The molecule has 0 bridgehead atoms. The van der Waals surface area contributed by atoms with Crippen molar-refractivity contribution >= 4 is 120 Å². The van der Waals surface area contributed by atoms with Crippen molar-refractivity contribution in [2.45, 2.75) is 0 Å². The van der Waals surface area contributed by atoms with Crippen molar-refractivity contribution < 1.29 is 17.7 Å². The number of fused-ring (bicyclic) bond motifs is 18. The lowest BCUT2D eigenvalue weighted by molar-refractivity contribution is 0.668. The third kappa shape index (κ3) is 6.98. The van der Waals surface area contributed by atoms with Crippen LogP contribution in [0.2, 0.25) is 0 Å². The van der Waals surface area contributed by atoms with Crippen LogP contribution in [-0.2, 0) is 0 Å². The topological polar surface area (TPSA) is 52.6 Å². The number of benzene rings is 14. The Morgan fingerprint density at radius 3 is 0.585 bits per heavy atom. The van der Waals surface area contributed by atoms with Crippen LogP contribution < -0.4 is 0 Å². The maximum Gasteiger partial charge on any atom is 0.135 e. The second-order valence-electron chi connectivity index (χ2n) is 21.9. The van der Waals surface area contributed by atoms with Crippen LogP contribution in [0.15, 0.2) is 285 Å². The quantitative estimate of drug-likeness (QED) is 0.156. The molecule has 0 aliphatic rings. The molecule has 14 aromatic carbocycles. The van der Waals surface area contributed by atoms with E-state index in [-0.39, 0.29) is 0 Å². The summed E-state index contributed by atoms with van der Waals surface area (Å²) in [7, 11) is 0. The van der Waals surface area contributed by atoms with Crippen LogP contribution in [0, 0.1) is 0 Å². The maximum atomic E-state index is 6.30. The molecule has 0 fully saturated rings. The van der Waals surface area contributed by atoms with Gasteiger partial charge >= 0.3 is 0 Å². The van der Waals surface area contributed by atoms with Crippen molar-refractivity contribution in [2.24, 2.45) is 0 Å². The molecular weight excluding hydrogens is 1000 g/mol. The van der Waals surface area contributed by atoms with Gasteiger partial charge in [0.2, 0.25) is 0 Å². The summed E-state index contributed by atoms with van der Waals surface area (Å²) in [6, 6.07) is 96.6. The Hall–Kier alpha value is -10.9. The summed E-state index contributed by atoms with van der Waals surface area (Å²) in [6.07, 6.45) is 0. The summed E-state index contributed by atoms with van der Waals surface area (Å²) in [5.74, 6) is 0. The van der Waals surface area contributed by atoms with Gasteiger partial charge in [-0.05, 0) is 220 Å². The van der Waals surface area contributed by atoms with E-state index in [1.807, 2.05) is 48.5 Å². The molecule has 0 saturated carbocycles. The van der Waals surface area contributed by atoms with E-state index in [0.717, 1.165) is 155 Å². The normalized spacial score (nSPS) is 12.1. The zero-order valence-electron chi connectivity index (χ0n) is 44.0. The number of rotatable bonds is 6. The Morgan fingerprint density at radius 2 is 0.317 bits per heavy atom. The van der Waals surface area contributed by atoms with Gasteiger partial charge in [0.05, 0.1) is 0 Å². The number of para-hydroxylation sites is 4. The Morgan fingerprint density at radius 1 is 0.122 bits per heavy atom. The van der Waals surface area contributed by atoms with Crippen LogP contribution in [0.25, 0.3) is 187 Å². The highest BCUT2D eigenvalue weighted by Gasteiger charge is 2.19. The van der Waals surface area contributed by atoms with Gasteiger partial charge in [-0.2, -0.15) is 0 Å². The van der Waals surface area contributed by atoms with Crippen LogP contribution in [0.5, 0.6) is 0 Å². The molecule has 4 nitrogen and oxygen atoms in total. The van der Waals surface area contributed by atoms with Crippen LogP contribution in [0.1, 0.15) is 0 Å². The van der Waals surface area contributed by atoms with Crippen LogP contribution >= 0.6 is 0 Å². The first-order valence-corrected chi connectivity index (χ1v) is 27.9. The summed E-state index contributed by atoms with van der Waals surface area (Å²) in [4.78, 5) is 0. The maximum absolute atomic E-state index is 6.30. The Balaban J connectivity index is 0.802. The molecule has 18 aromatic rings. The molecule has 0 aliphatic carbocycles.